The van der Waals surface area contributed by atoms with Crippen molar-refractivity contribution in [1.82, 2.24) is 24.6 Å². The minimum Gasteiger partial charge on any atom is -0.335 e. The molecule has 0 atom stereocenters. The van der Waals surface area contributed by atoms with Gasteiger partial charge < -0.3 is 9.80 Å². The fourth-order valence-corrected chi connectivity index (χ4v) is 4.80. The third kappa shape index (κ3) is 4.16. The van der Waals surface area contributed by atoms with Gasteiger partial charge in [-0.3, -0.25) is 9.59 Å². The molecule has 34 heavy (non-hydrogen) atoms. The Kier molecular flexibility index (Phi) is 5.82. The summed E-state index contributed by atoms with van der Waals surface area (Å²) in [4.78, 5) is 35.1. The largest absolute Gasteiger partial charge is 0.335 e. The van der Waals surface area contributed by atoms with Gasteiger partial charge in [0.2, 0.25) is 0 Å². The first-order valence-electron chi connectivity index (χ1n) is 10.8. The van der Waals surface area contributed by atoms with Gasteiger partial charge in [-0.2, -0.15) is 5.10 Å². The topological polar surface area (TPSA) is 71.3 Å². The van der Waals surface area contributed by atoms with Crippen LogP contribution in [0.1, 0.15) is 31.3 Å². The minimum absolute atomic E-state index is 0.0864. The lowest BCUT2D eigenvalue weighted by molar-refractivity contribution is 0.0536. The molecule has 0 N–H and O–H groups in total. The number of amides is 2. The maximum atomic E-state index is 13.5. The molecular formula is C24H21F2N5O2S. The number of piperazine rings is 1. The number of halogens is 2. The molecule has 3 aromatic heterocycles. The van der Waals surface area contributed by atoms with Crippen molar-refractivity contribution in [3.8, 4) is 0 Å². The second kappa shape index (κ2) is 8.94. The van der Waals surface area contributed by atoms with Crippen LogP contribution in [0.5, 0.6) is 0 Å². The van der Waals surface area contributed by atoms with E-state index in [9.17, 15) is 18.4 Å². The van der Waals surface area contributed by atoms with Crippen molar-refractivity contribution in [3.63, 3.8) is 0 Å². The van der Waals surface area contributed by atoms with Crippen molar-refractivity contribution < 1.29 is 18.4 Å². The smallest absolute Gasteiger partial charge is 0.254 e. The van der Waals surface area contributed by atoms with E-state index in [1.807, 2.05) is 24.4 Å². The number of hydrogen-bond acceptors (Lipinski definition) is 5. The molecular weight excluding hydrogens is 460 g/mol. The molecule has 1 saturated heterocycles. The Bertz CT molecular complexity index is 1380. The lowest BCUT2D eigenvalue weighted by atomic mass is 10.1. The van der Waals surface area contributed by atoms with Gasteiger partial charge in [0, 0.05) is 42.3 Å². The first-order valence-corrected chi connectivity index (χ1v) is 11.7. The lowest BCUT2D eigenvalue weighted by Crippen LogP contribution is -2.50. The fraction of sp³-hybridized carbons (Fsp3) is 0.250. The summed E-state index contributed by atoms with van der Waals surface area (Å²) >= 11 is 1.63. The van der Waals surface area contributed by atoms with Crippen LogP contribution in [0, 0.1) is 18.6 Å². The van der Waals surface area contributed by atoms with Crippen molar-refractivity contribution in [2.45, 2.75) is 13.5 Å². The minimum atomic E-state index is -1.06. The molecule has 0 bridgehead atoms. The maximum absolute atomic E-state index is 13.5. The Morgan fingerprint density at radius 2 is 1.74 bits per heavy atom. The zero-order valence-corrected chi connectivity index (χ0v) is 19.2. The van der Waals surface area contributed by atoms with Gasteiger partial charge in [0.1, 0.15) is 0 Å². The van der Waals surface area contributed by atoms with Crippen LogP contribution in [0.15, 0.2) is 48.0 Å². The molecule has 2 amide bonds. The maximum Gasteiger partial charge on any atom is 0.254 e. The molecule has 0 spiro atoms. The second-order valence-electron chi connectivity index (χ2n) is 8.14. The molecule has 0 unspecified atom stereocenters. The van der Waals surface area contributed by atoms with Gasteiger partial charge in [0.15, 0.2) is 17.3 Å². The van der Waals surface area contributed by atoms with E-state index < -0.39 is 11.6 Å². The Labute approximate surface area is 198 Å². The highest BCUT2D eigenvalue weighted by molar-refractivity contribution is 7.09. The average Bonchev–Trinajstić information content (AvgIpc) is 3.50. The highest BCUT2D eigenvalue weighted by Crippen LogP contribution is 2.23. The molecule has 4 aromatic rings. The molecule has 174 valence electrons. The molecule has 0 saturated carbocycles. The number of aromatic nitrogens is 3. The van der Waals surface area contributed by atoms with E-state index in [0.29, 0.717) is 49.3 Å². The molecule has 5 rings (SSSR count). The van der Waals surface area contributed by atoms with Crippen molar-refractivity contribution in [2.24, 2.45) is 0 Å². The molecule has 1 fully saturated rings. The quantitative estimate of drug-likeness (QED) is 0.446. The van der Waals surface area contributed by atoms with E-state index in [4.69, 9.17) is 0 Å². The van der Waals surface area contributed by atoms with Crippen LogP contribution in [-0.4, -0.2) is 62.6 Å². The van der Waals surface area contributed by atoms with E-state index in [2.05, 4.69) is 10.1 Å². The van der Waals surface area contributed by atoms with Crippen molar-refractivity contribution in [3.05, 3.63) is 81.3 Å². The molecule has 1 aliphatic rings. The lowest BCUT2D eigenvalue weighted by Gasteiger charge is -2.35. The van der Waals surface area contributed by atoms with E-state index in [-0.39, 0.29) is 17.4 Å². The Morgan fingerprint density at radius 3 is 2.41 bits per heavy atom. The number of fused-ring (bicyclic) bond motifs is 1. The van der Waals surface area contributed by atoms with E-state index in [1.54, 1.807) is 38.1 Å². The summed E-state index contributed by atoms with van der Waals surface area (Å²) in [5.74, 6) is -2.59. The van der Waals surface area contributed by atoms with Crippen LogP contribution in [0.2, 0.25) is 0 Å². The SMILES string of the molecule is Cc1cc(C(=O)N2CCN(C(=O)c3ccc(F)c(F)c3)CC2)c2cnn(Cc3cccs3)c2n1. The third-order valence-electron chi connectivity index (χ3n) is 5.87. The van der Waals surface area contributed by atoms with Crippen LogP contribution in [0.25, 0.3) is 11.0 Å². The summed E-state index contributed by atoms with van der Waals surface area (Å²) in [5, 5.41) is 7.15. The molecule has 0 radical (unpaired) electrons. The summed E-state index contributed by atoms with van der Waals surface area (Å²) < 4.78 is 28.5. The van der Waals surface area contributed by atoms with Gasteiger partial charge in [0.05, 0.1) is 23.7 Å². The molecule has 7 nitrogen and oxygen atoms in total. The number of aryl methyl sites for hydroxylation is 1. The number of rotatable bonds is 4. The predicted molar refractivity (Wildman–Crippen MR) is 124 cm³/mol. The molecule has 4 heterocycles. The number of pyridine rings is 1. The van der Waals surface area contributed by atoms with E-state index in [1.165, 1.54) is 6.07 Å². The van der Waals surface area contributed by atoms with Gasteiger partial charge in [-0.1, -0.05) is 6.07 Å². The van der Waals surface area contributed by atoms with Crippen molar-refractivity contribution in [2.75, 3.05) is 26.2 Å². The van der Waals surface area contributed by atoms with Crippen molar-refractivity contribution >= 4 is 34.2 Å². The van der Waals surface area contributed by atoms with Crippen LogP contribution < -0.4 is 0 Å². The summed E-state index contributed by atoms with van der Waals surface area (Å²) in [6.45, 7) is 3.69. The molecule has 1 aromatic carbocycles. The number of thiophene rings is 1. The molecule has 10 heteroatoms. The first kappa shape index (κ1) is 22.1. The zero-order valence-electron chi connectivity index (χ0n) is 18.4. The Hall–Kier alpha value is -3.66. The van der Waals surface area contributed by atoms with Gasteiger partial charge >= 0.3 is 0 Å². The van der Waals surface area contributed by atoms with Gasteiger partial charge in [-0.25, -0.2) is 18.4 Å². The van der Waals surface area contributed by atoms with Crippen LogP contribution in [-0.2, 0) is 6.54 Å². The van der Waals surface area contributed by atoms with Crippen molar-refractivity contribution in [1.29, 1.82) is 0 Å². The van der Waals surface area contributed by atoms with Crippen LogP contribution in [0.4, 0.5) is 8.78 Å². The number of carbonyl (C=O) groups excluding carboxylic acids is 2. The Morgan fingerprint density at radius 1 is 1.00 bits per heavy atom. The normalized spacial score (nSPS) is 14.1. The summed E-state index contributed by atoms with van der Waals surface area (Å²) in [5.41, 5.74) is 1.99. The third-order valence-corrected chi connectivity index (χ3v) is 6.74. The number of benzene rings is 1. The monoisotopic (exact) mass is 481 g/mol. The van der Waals surface area contributed by atoms with Crippen LogP contribution in [0.3, 0.4) is 0 Å². The Balaban J connectivity index is 1.32. The van der Waals surface area contributed by atoms with E-state index >= 15 is 0 Å². The fourth-order valence-electron chi connectivity index (χ4n) is 4.11. The van der Waals surface area contributed by atoms with Gasteiger partial charge in [-0.05, 0) is 42.6 Å². The van der Waals surface area contributed by atoms with Gasteiger partial charge in [0.25, 0.3) is 11.8 Å². The molecule has 0 aliphatic carbocycles. The summed E-state index contributed by atoms with van der Waals surface area (Å²) in [7, 11) is 0. The summed E-state index contributed by atoms with van der Waals surface area (Å²) in [6, 6.07) is 8.89. The second-order valence-corrected chi connectivity index (χ2v) is 9.18. The number of hydrogen-bond donors (Lipinski definition) is 0. The highest BCUT2D eigenvalue weighted by atomic mass is 32.1. The van der Waals surface area contributed by atoms with Gasteiger partial charge in [-0.15, -0.1) is 11.3 Å². The van der Waals surface area contributed by atoms with Crippen LogP contribution >= 0.6 is 11.3 Å². The number of carbonyl (C=O) groups is 2. The zero-order chi connectivity index (χ0) is 23.8. The summed E-state index contributed by atoms with van der Waals surface area (Å²) in [6.07, 6.45) is 1.67. The first-order chi connectivity index (χ1) is 16.4. The standard InChI is InChI=1S/C24H21F2N5O2S/c1-15-11-18(19-13-27-31(22(19)28-15)14-17-3-2-10-34-17)24(33)30-8-6-29(7-9-30)23(32)16-4-5-20(25)21(26)12-16/h2-5,10-13H,6-9,14H2,1H3. The highest BCUT2D eigenvalue weighted by Gasteiger charge is 2.27. The van der Waals surface area contributed by atoms with E-state index in [0.717, 1.165) is 22.7 Å². The number of nitrogens with zero attached hydrogens (tertiary/aromatic N) is 5. The molecule has 1 aliphatic heterocycles. The average molecular weight is 482 g/mol. The predicted octanol–water partition coefficient (Wildman–Crippen LogP) is 3.73.